The molecule has 2 aromatic carbocycles. The first kappa shape index (κ1) is 20.4. The molecule has 0 radical (unpaired) electrons. The van der Waals surface area contributed by atoms with Gasteiger partial charge in [0.25, 0.3) is 11.5 Å². The molecule has 1 unspecified atom stereocenters. The van der Waals surface area contributed by atoms with Gasteiger partial charge in [-0.05, 0) is 67.1 Å². The number of fused-ring (bicyclic) bond motifs is 4. The number of rotatable bonds is 5. The van der Waals surface area contributed by atoms with Crippen molar-refractivity contribution in [3.63, 3.8) is 0 Å². The summed E-state index contributed by atoms with van der Waals surface area (Å²) in [4.78, 5) is 31.0. The molecular formula is C24H22ClN5O3. The van der Waals surface area contributed by atoms with E-state index in [1.165, 1.54) is 12.8 Å². The molecule has 8 nitrogen and oxygen atoms in total. The van der Waals surface area contributed by atoms with Crippen molar-refractivity contribution in [2.45, 2.75) is 31.7 Å². The number of halogens is 1. The molecule has 1 aliphatic heterocycles. The van der Waals surface area contributed by atoms with Crippen molar-refractivity contribution in [2.24, 2.45) is 5.92 Å². The van der Waals surface area contributed by atoms with Crippen molar-refractivity contribution in [1.82, 2.24) is 19.6 Å². The zero-order valence-electron chi connectivity index (χ0n) is 18.0. The number of hydrogen-bond acceptors (Lipinski definition) is 5. The standard InChI is InChI=1S/C24H22ClN5O3/c1-33-12-17-10-15-9-16(25)5-7-19(15)29(17)24(32)14-4-6-20-18(11-14)26-23(31)22-28-27-21(30(20)22)8-13-2-3-13/h4-7,9,11,13,17H,2-3,8,10,12H2,1H3,(H,26,31). The Balaban J connectivity index is 1.44. The van der Waals surface area contributed by atoms with E-state index in [1.54, 1.807) is 30.2 Å². The average molecular weight is 464 g/mol. The highest BCUT2D eigenvalue weighted by molar-refractivity contribution is 6.30. The quantitative estimate of drug-likeness (QED) is 0.489. The lowest BCUT2D eigenvalue weighted by atomic mass is 10.1. The normalized spacial score (nSPS) is 17.8. The summed E-state index contributed by atoms with van der Waals surface area (Å²) < 4.78 is 7.21. The Bertz CT molecular complexity index is 1470. The fourth-order valence-corrected chi connectivity index (χ4v) is 5.00. The van der Waals surface area contributed by atoms with Gasteiger partial charge in [-0.25, -0.2) is 0 Å². The van der Waals surface area contributed by atoms with Crippen LogP contribution in [0.5, 0.6) is 0 Å². The van der Waals surface area contributed by atoms with Gasteiger partial charge >= 0.3 is 0 Å². The summed E-state index contributed by atoms with van der Waals surface area (Å²) in [6, 6.07) is 10.8. The highest BCUT2D eigenvalue weighted by atomic mass is 35.5. The molecule has 1 fully saturated rings. The molecule has 9 heteroatoms. The molecule has 1 amide bonds. The van der Waals surface area contributed by atoms with E-state index >= 15 is 0 Å². The lowest BCUT2D eigenvalue weighted by Gasteiger charge is -2.25. The first-order valence-corrected chi connectivity index (χ1v) is 11.4. The number of methoxy groups -OCH3 is 1. The van der Waals surface area contributed by atoms with Crippen LogP contribution in [0.25, 0.3) is 16.7 Å². The van der Waals surface area contributed by atoms with Gasteiger partial charge < -0.3 is 14.6 Å². The number of amides is 1. The van der Waals surface area contributed by atoms with Gasteiger partial charge in [0.15, 0.2) is 0 Å². The van der Waals surface area contributed by atoms with Gasteiger partial charge in [-0.15, -0.1) is 10.2 Å². The van der Waals surface area contributed by atoms with Crippen LogP contribution in [0.1, 0.15) is 34.6 Å². The fraction of sp³-hybridized carbons (Fsp3) is 0.333. The van der Waals surface area contributed by atoms with Crippen molar-refractivity contribution < 1.29 is 9.53 Å². The maximum absolute atomic E-state index is 13.7. The van der Waals surface area contributed by atoms with Crippen molar-refractivity contribution >= 4 is 39.9 Å². The van der Waals surface area contributed by atoms with Crippen molar-refractivity contribution in [3.8, 4) is 0 Å². The Hall–Kier alpha value is -3.23. The Morgan fingerprint density at radius 2 is 2.06 bits per heavy atom. The highest BCUT2D eigenvalue weighted by Gasteiger charge is 2.34. The number of nitrogens with zero attached hydrogens (tertiary/aromatic N) is 4. The van der Waals surface area contributed by atoms with Crippen LogP contribution in [0.2, 0.25) is 5.02 Å². The second-order valence-electron chi connectivity index (χ2n) is 8.87. The lowest BCUT2D eigenvalue weighted by Crippen LogP contribution is -2.40. The number of ether oxygens (including phenoxy) is 1. The third kappa shape index (κ3) is 3.41. The van der Waals surface area contributed by atoms with E-state index in [2.05, 4.69) is 15.2 Å². The predicted octanol–water partition coefficient (Wildman–Crippen LogP) is 3.39. The van der Waals surface area contributed by atoms with Gasteiger partial charge in [0.2, 0.25) is 5.65 Å². The minimum absolute atomic E-state index is 0.129. The molecule has 3 heterocycles. The van der Waals surface area contributed by atoms with Crippen LogP contribution in [0.4, 0.5) is 5.69 Å². The summed E-state index contributed by atoms with van der Waals surface area (Å²) >= 11 is 6.18. The van der Waals surface area contributed by atoms with E-state index < -0.39 is 0 Å². The maximum atomic E-state index is 13.7. The monoisotopic (exact) mass is 463 g/mol. The number of carbonyl (C=O) groups excluding carboxylic acids is 1. The van der Waals surface area contributed by atoms with Crippen molar-refractivity contribution in [3.05, 3.63) is 68.7 Å². The van der Waals surface area contributed by atoms with Crippen LogP contribution in [-0.4, -0.2) is 45.2 Å². The number of hydrogen-bond donors (Lipinski definition) is 1. The predicted molar refractivity (Wildman–Crippen MR) is 125 cm³/mol. The van der Waals surface area contributed by atoms with E-state index in [-0.39, 0.29) is 23.2 Å². The number of nitrogens with one attached hydrogen (secondary N) is 1. The summed E-state index contributed by atoms with van der Waals surface area (Å²) in [5.41, 5.74) is 3.66. The number of benzene rings is 2. The molecule has 4 aromatic rings. The van der Waals surface area contributed by atoms with E-state index in [0.29, 0.717) is 35.0 Å². The largest absolute Gasteiger partial charge is 0.383 e. The van der Waals surface area contributed by atoms with Gasteiger partial charge in [-0.3, -0.25) is 14.0 Å². The van der Waals surface area contributed by atoms with Crippen LogP contribution in [0.15, 0.2) is 41.2 Å². The van der Waals surface area contributed by atoms with E-state index in [4.69, 9.17) is 16.3 Å². The molecular weight excluding hydrogens is 442 g/mol. The topological polar surface area (TPSA) is 92.6 Å². The minimum Gasteiger partial charge on any atom is -0.383 e. The number of aromatic nitrogens is 4. The second-order valence-corrected chi connectivity index (χ2v) is 9.31. The second kappa shape index (κ2) is 7.67. The van der Waals surface area contributed by atoms with Crippen molar-refractivity contribution in [1.29, 1.82) is 0 Å². The lowest BCUT2D eigenvalue weighted by molar-refractivity contribution is 0.0957. The minimum atomic E-state index is -0.319. The molecule has 168 valence electrons. The van der Waals surface area contributed by atoms with Gasteiger partial charge in [-0.1, -0.05) is 11.6 Å². The Kier molecular flexibility index (Phi) is 4.74. The molecule has 2 aromatic heterocycles. The molecule has 33 heavy (non-hydrogen) atoms. The molecule has 1 aliphatic carbocycles. The third-order valence-corrected chi connectivity index (χ3v) is 6.77. The Morgan fingerprint density at radius 3 is 2.85 bits per heavy atom. The zero-order chi connectivity index (χ0) is 22.7. The SMILES string of the molecule is COCC1Cc2cc(Cl)ccc2N1C(=O)c1ccc2c(c1)[nH]c(=O)c1nnc(CC3CC3)n12. The molecule has 0 bridgehead atoms. The third-order valence-electron chi connectivity index (χ3n) is 6.53. The summed E-state index contributed by atoms with van der Waals surface area (Å²) in [5.74, 6) is 1.24. The van der Waals surface area contributed by atoms with Crippen LogP contribution < -0.4 is 10.5 Å². The van der Waals surface area contributed by atoms with Crippen LogP contribution in [-0.2, 0) is 17.6 Å². The van der Waals surface area contributed by atoms with Crippen LogP contribution >= 0.6 is 11.6 Å². The number of H-pyrrole nitrogens is 1. The highest BCUT2D eigenvalue weighted by Crippen LogP contribution is 2.36. The first-order valence-electron chi connectivity index (χ1n) is 11.0. The molecule has 1 N–H and O–H groups in total. The van der Waals surface area contributed by atoms with Gasteiger partial charge in [0, 0.05) is 29.8 Å². The molecule has 0 saturated heterocycles. The Labute approximate surface area is 194 Å². The molecule has 2 aliphatic rings. The van der Waals surface area contributed by atoms with Gasteiger partial charge in [-0.2, -0.15) is 0 Å². The molecule has 1 atom stereocenters. The summed E-state index contributed by atoms with van der Waals surface area (Å²) in [6.45, 7) is 0.411. The zero-order valence-corrected chi connectivity index (χ0v) is 18.8. The smallest absolute Gasteiger partial charge is 0.294 e. The summed E-state index contributed by atoms with van der Waals surface area (Å²) in [7, 11) is 1.63. The van der Waals surface area contributed by atoms with Crippen molar-refractivity contribution in [2.75, 3.05) is 18.6 Å². The molecule has 0 spiro atoms. The summed E-state index contributed by atoms with van der Waals surface area (Å²) in [6.07, 6.45) is 3.83. The molecule has 6 rings (SSSR count). The van der Waals surface area contributed by atoms with E-state index in [0.717, 1.165) is 29.0 Å². The van der Waals surface area contributed by atoms with Gasteiger partial charge in [0.1, 0.15) is 5.82 Å². The number of anilines is 1. The van der Waals surface area contributed by atoms with E-state index in [9.17, 15) is 9.59 Å². The first-order chi connectivity index (χ1) is 16.0. The average Bonchev–Trinajstić information content (AvgIpc) is 3.40. The summed E-state index contributed by atoms with van der Waals surface area (Å²) in [5, 5.41) is 9.01. The fourth-order valence-electron chi connectivity index (χ4n) is 4.81. The molecule has 1 saturated carbocycles. The number of aromatic amines is 1. The maximum Gasteiger partial charge on any atom is 0.294 e. The van der Waals surface area contributed by atoms with Gasteiger partial charge in [0.05, 0.1) is 23.7 Å². The van der Waals surface area contributed by atoms with E-state index in [1.807, 2.05) is 22.6 Å². The van der Waals surface area contributed by atoms with Crippen LogP contribution in [0.3, 0.4) is 0 Å². The number of carbonyl (C=O) groups is 1. The van der Waals surface area contributed by atoms with Crippen LogP contribution in [0, 0.1) is 5.92 Å². The Morgan fingerprint density at radius 1 is 1.21 bits per heavy atom.